The molecule has 0 heterocycles. The van der Waals surface area contributed by atoms with Crippen molar-refractivity contribution >= 4 is 5.91 Å². The first-order valence-electron chi connectivity index (χ1n) is 29.8. The van der Waals surface area contributed by atoms with Gasteiger partial charge in [-0.25, -0.2) is 0 Å². The Bertz CT molecular complexity index is 1020. The number of amides is 1. The molecule has 0 spiro atoms. The SMILES string of the molecule is CCCCCCCCCCCCCC/C=C/CC/C=C/CC/C=C/C(O)C(CO)NC(=O)CC(O)CCCCCCCCCCCCCCCCCCCCCCCCCCCCCCC. The van der Waals surface area contributed by atoms with Crippen molar-refractivity contribution in [2.45, 2.75) is 340 Å². The van der Waals surface area contributed by atoms with Gasteiger partial charge in [0.2, 0.25) is 5.91 Å². The molecule has 0 aliphatic carbocycles. The van der Waals surface area contributed by atoms with E-state index in [4.69, 9.17) is 0 Å². The lowest BCUT2D eigenvalue weighted by molar-refractivity contribution is -0.124. The van der Waals surface area contributed by atoms with E-state index in [2.05, 4.69) is 43.5 Å². The van der Waals surface area contributed by atoms with Crippen molar-refractivity contribution in [1.29, 1.82) is 0 Å². The van der Waals surface area contributed by atoms with E-state index in [0.29, 0.717) is 6.42 Å². The molecule has 0 aromatic rings. The number of aliphatic hydroxyl groups is 3. The minimum Gasteiger partial charge on any atom is -0.394 e. The molecule has 4 N–H and O–H groups in total. The second kappa shape index (κ2) is 56.2. The quantitative estimate of drug-likeness (QED) is 0.0361. The molecule has 0 fully saturated rings. The lowest BCUT2D eigenvalue weighted by Gasteiger charge is -2.21. The predicted molar refractivity (Wildman–Crippen MR) is 291 cm³/mol. The highest BCUT2D eigenvalue weighted by Crippen LogP contribution is 2.18. The van der Waals surface area contributed by atoms with Gasteiger partial charge in [-0.2, -0.15) is 0 Å². The molecule has 66 heavy (non-hydrogen) atoms. The molecule has 0 rings (SSSR count). The van der Waals surface area contributed by atoms with Crippen LogP contribution in [0.15, 0.2) is 36.5 Å². The van der Waals surface area contributed by atoms with Crippen LogP contribution in [0.1, 0.15) is 322 Å². The summed E-state index contributed by atoms with van der Waals surface area (Å²) in [5.74, 6) is -0.324. The summed E-state index contributed by atoms with van der Waals surface area (Å²) in [5, 5.41) is 33.5. The predicted octanol–water partition coefficient (Wildman–Crippen LogP) is 18.6. The molecular formula is C61H117NO4. The molecule has 5 heteroatoms. The summed E-state index contributed by atoms with van der Waals surface area (Å²) in [5.41, 5.74) is 0. The highest BCUT2D eigenvalue weighted by Gasteiger charge is 2.20. The third kappa shape index (κ3) is 52.0. The standard InChI is InChI=1S/C61H117NO4/c1-3-5-7-9-11-13-15-17-19-21-23-25-27-28-29-30-31-32-33-34-36-38-40-42-44-46-48-50-52-54-58(64)56-61(66)62-59(57-63)60(65)55-53-51-49-47-45-43-41-39-37-35-26-24-22-20-18-16-14-12-10-8-6-4-2/h37,39,45,47,53,55,58-60,63-65H,3-36,38,40-44,46,48-52,54,56-57H2,1-2H3,(H,62,66)/b39-37+,47-45+,55-53+. The first-order chi connectivity index (χ1) is 32.5. The van der Waals surface area contributed by atoms with E-state index in [1.54, 1.807) is 6.08 Å². The molecule has 0 saturated heterocycles. The monoisotopic (exact) mass is 928 g/mol. The number of rotatable bonds is 55. The van der Waals surface area contributed by atoms with E-state index in [1.807, 2.05) is 6.08 Å². The average Bonchev–Trinajstić information content (AvgIpc) is 3.31. The number of carbonyl (C=O) groups excluding carboxylic acids is 1. The third-order valence-electron chi connectivity index (χ3n) is 13.9. The second-order valence-electron chi connectivity index (χ2n) is 20.6. The molecule has 0 aromatic heterocycles. The second-order valence-corrected chi connectivity index (χ2v) is 20.6. The van der Waals surface area contributed by atoms with Gasteiger partial charge in [-0.3, -0.25) is 4.79 Å². The zero-order valence-corrected chi connectivity index (χ0v) is 44.6. The van der Waals surface area contributed by atoms with E-state index in [1.165, 1.54) is 257 Å². The van der Waals surface area contributed by atoms with Gasteiger partial charge in [-0.05, 0) is 44.9 Å². The fraction of sp³-hybridized carbons (Fsp3) is 0.885. The van der Waals surface area contributed by atoms with Gasteiger partial charge in [-0.1, -0.05) is 307 Å². The maximum atomic E-state index is 12.5. The first kappa shape index (κ1) is 64.6. The summed E-state index contributed by atoms with van der Waals surface area (Å²) < 4.78 is 0. The van der Waals surface area contributed by atoms with Crippen molar-refractivity contribution in [2.24, 2.45) is 0 Å². The molecule has 0 aliphatic rings. The molecule has 0 saturated carbocycles. The van der Waals surface area contributed by atoms with Gasteiger partial charge < -0.3 is 20.6 Å². The summed E-state index contributed by atoms with van der Waals surface area (Å²) >= 11 is 0. The summed E-state index contributed by atoms with van der Waals surface area (Å²) in [6.45, 7) is 4.24. The maximum absolute atomic E-state index is 12.5. The van der Waals surface area contributed by atoms with Gasteiger partial charge in [0, 0.05) is 0 Å². The Hall–Kier alpha value is -1.43. The largest absolute Gasteiger partial charge is 0.394 e. The van der Waals surface area contributed by atoms with Crippen LogP contribution in [0.25, 0.3) is 0 Å². The van der Waals surface area contributed by atoms with Crippen LogP contribution in [0.2, 0.25) is 0 Å². The average molecular weight is 929 g/mol. The minimum absolute atomic E-state index is 0.00581. The minimum atomic E-state index is -0.960. The Morgan fingerprint density at radius 1 is 0.379 bits per heavy atom. The number of allylic oxidation sites excluding steroid dienone is 5. The van der Waals surface area contributed by atoms with Crippen molar-refractivity contribution in [3.05, 3.63) is 36.5 Å². The molecule has 3 unspecified atom stereocenters. The Morgan fingerprint density at radius 3 is 0.970 bits per heavy atom. The van der Waals surface area contributed by atoms with Crippen molar-refractivity contribution in [3.63, 3.8) is 0 Å². The normalized spacial score (nSPS) is 13.5. The van der Waals surface area contributed by atoms with E-state index >= 15 is 0 Å². The number of carbonyl (C=O) groups is 1. The lowest BCUT2D eigenvalue weighted by Crippen LogP contribution is -2.45. The number of hydrogen-bond donors (Lipinski definition) is 4. The van der Waals surface area contributed by atoms with Gasteiger partial charge in [0.05, 0.1) is 31.3 Å². The Morgan fingerprint density at radius 2 is 0.652 bits per heavy atom. The Labute approximate surface area is 413 Å². The molecular weight excluding hydrogens is 811 g/mol. The van der Waals surface area contributed by atoms with Crippen LogP contribution in [-0.2, 0) is 4.79 Å². The highest BCUT2D eigenvalue weighted by molar-refractivity contribution is 5.76. The van der Waals surface area contributed by atoms with Crippen LogP contribution in [0, 0.1) is 0 Å². The third-order valence-corrected chi connectivity index (χ3v) is 13.9. The highest BCUT2D eigenvalue weighted by atomic mass is 16.3. The van der Waals surface area contributed by atoms with Crippen LogP contribution >= 0.6 is 0 Å². The van der Waals surface area contributed by atoms with Gasteiger partial charge in [0.25, 0.3) is 0 Å². The molecule has 0 bridgehead atoms. The smallest absolute Gasteiger partial charge is 0.222 e. The van der Waals surface area contributed by atoms with Gasteiger partial charge in [0.15, 0.2) is 0 Å². The van der Waals surface area contributed by atoms with Crippen molar-refractivity contribution < 1.29 is 20.1 Å². The zero-order valence-electron chi connectivity index (χ0n) is 44.6. The summed E-state index contributed by atoms with van der Waals surface area (Å²) in [6.07, 6.45) is 73.5. The van der Waals surface area contributed by atoms with Crippen LogP contribution < -0.4 is 5.32 Å². The Kier molecular flexibility index (Phi) is 54.9. The maximum Gasteiger partial charge on any atom is 0.222 e. The molecule has 0 aromatic carbocycles. The van der Waals surface area contributed by atoms with Gasteiger partial charge in [-0.15, -0.1) is 0 Å². The topological polar surface area (TPSA) is 89.8 Å². The Balaban J connectivity index is 3.57. The van der Waals surface area contributed by atoms with Crippen LogP contribution in [0.4, 0.5) is 0 Å². The molecule has 3 atom stereocenters. The van der Waals surface area contributed by atoms with Gasteiger partial charge >= 0.3 is 0 Å². The van der Waals surface area contributed by atoms with E-state index < -0.39 is 18.2 Å². The molecule has 1 amide bonds. The van der Waals surface area contributed by atoms with Crippen LogP contribution in [-0.4, -0.2) is 46.1 Å². The van der Waals surface area contributed by atoms with Crippen LogP contribution in [0.5, 0.6) is 0 Å². The summed E-state index contributed by atoms with van der Waals surface area (Å²) in [7, 11) is 0. The van der Waals surface area contributed by atoms with Crippen molar-refractivity contribution in [1.82, 2.24) is 5.32 Å². The number of unbranched alkanes of at least 4 members (excludes halogenated alkanes) is 42. The van der Waals surface area contributed by atoms with Crippen LogP contribution in [0.3, 0.4) is 0 Å². The lowest BCUT2D eigenvalue weighted by atomic mass is 10.0. The molecule has 390 valence electrons. The number of hydrogen-bond acceptors (Lipinski definition) is 4. The van der Waals surface area contributed by atoms with E-state index in [-0.39, 0.29) is 18.9 Å². The summed E-state index contributed by atoms with van der Waals surface area (Å²) in [6, 6.07) is -0.767. The molecule has 5 nitrogen and oxygen atoms in total. The molecule has 0 aliphatic heterocycles. The number of nitrogens with one attached hydrogen (secondary N) is 1. The number of aliphatic hydroxyl groups excluding tert-OH is 3. The van der Waals surface area contributed by atoms with E-state index in [9.17, 15) is 20.1 Å². The molecule has 0 radical (unpaired) electrons. The van der Waals surface area contributed by atoms with Gasteiger partial charge in [0.1, 0.15) is 0 Å². The van der Waals surface area contributed by atoms with E-state index in [0.717, 1.165) is 38.5 Å². The first-order valence-corrected chi connectivity index (χ1v) is 29.8. The fourth-order valence-corrected chi connectivity index (χ4v) is 9.38. The van der Waals surface area contributed by atoms with Crippen molar-refractivity contribution in [3.8, 4) is 0 Å². The zero-order chi connectivity index (χ0) is 47.9. The van der Waals surface area contributed by atoms with Crippen molar-refractivity contribution in [2.75, 3.05) is 6.61 Å². The summed E-state index contributed by atoms with van der Waals surface area (Å²) in [4.78, 5) is 12.5. The fourth-order valence-electron chi connectivity index (χ4n) is 9.38.